The maximum absolute atomic E-state index is 14.5. The number of hydrogen-bond acceptors (Lipinski definition) is 5. The van der Waals surface area contributed by atoms with Gasteiger partial charge in [0, 0.05) is 30.8 Å². The van der Waals surface area contributed by atoms with Gasteiger partial charge in [0.1, 0.15) is 5.82 Å². The number of aromatic nitrogens is 2. The highest BCUT2D eigenvalue weighted by atomic mass is 19.1. The number of halogens is 1. The second-order valence-electron chi connectivity index (χ2n) is 8.04. The number of pyridine rings is 2. The molecule has 0 atom stereocenters. The molecule has 4 rings (SSSR count). The van der Waals surface area contributed by atoms with Crippen LogP contribution >= 0.6 is 0 Å². The minimum absolute atomic E-state index is 0.294. The standard InChI is InChI=1S/C24H29FN4O/c1-17-3-5-18(6-4-17)15-26-19-9-12-29(13-10-19)14-11-20-21(25)16-27-22-7-8-23(30-2)28-24(20)22/h3-8,16,19,26H,9-15H2,1-2H3. The number of nitrogens with one attached hydrogen (secondary N) is 1. The summed E-state index contributed by atoms with van der Waals surface area (Å²) < 4.78 is 19.7. The molecule has 0 amide bonds. The normalized spacial score (nSPS) is 15.6. The van der Waals surface area contributed by atoms with Gasteiger partial charge in [-0.25, -0.2) is 9.37 Å². The van der Waals surface area contributed by atoms with Crippen molar-refractivity contribution in [2.45, 2.75) is 38.8 Å². The number of hydrogen-bond donors (Lipinski definition) is 1. The Labute approximate surface area is 177 Å². The van der Waals surface area contributed by atoms with Crippen molar-refractivity contribution in [1.82, 2.24) is 20.2 Å². The molecule has 3 aromatic rings. The molecule has 3 heterocycles. The fraction of sp³-hybridized carbons (Fsp3) is 0.417. The van der Waals surface area contributed by atoms with E-state index < -0.39 is 0 Å². The van der Waals surface area contributed by atoms with Crippen molar-refractivity contribution in [3.8, 4) is 5.88 Å². The van der Waals surface area contributed by atoms with Gasteiger partial charge in [0.2, 0.25) is 5.88 Å². The molecule has 0 unspecified atom stereocenters. The Bertz CT molecular complexity index is 984. The molecule has 1 saturated heterocycles. The van der Waals surface area contributed by atoms with Gasteiger partial charge in [-0.05, 0) is 50.9 Å². The zero-order chi connectivity index (χ0) is 20.9. The summed E-state index contributed by atoms with van der Waals surface area (Å²) in [5.41, 5.74) is 4.54. The Morgan fingerprint density at radius 2 is 1.90 bits per heavy atom. The monoisotopic (exact) mass is 408 g/mol. The number of likely N-dealkylation sites (tertiary alicyclic amines) is 1. The van der Waals surface area contributed by atoms with E-state index in [0.717, 1.165) is 39.0 Å². The number of fused-ring (bicyclic) bond motifs is 1. The van der Waals surface area contributed by atoms with Gasteiger partial charge in [0.05, 0.1) is 24.3 Å². The zero-order valence-electron chi connectivity index (χ0n) is 17.7. The zero-order valence-corrected chi connectivity index (χ0v) is 17.7. The number of benzene rings is 1. The highest BCUT2D eigenvalue weighted by Crippen LogP contribution is 2.22. The Hall–Kier alpha value is -2.57. The maximum Gasteiger partial charge on any atom is 0.213 e. The molecule has 1 N–H and O–H groups in total. The summed E-state index contributed by atoms with van der Waals surface area (Å²) in [6, 6.07) is 12.8. The number of aryl methyl sites for hydroxylation is 1. The van der Waals surface area contributed by atoms with Crippen LogP contribution in [0.15, 0.2) is 42.6 Å². The molecular formula is C24H29FN4O. The third-order valence-corrected chi connectivity index (χ3v) is 5.93. The molecule has 0 aliphatic carbocycles. The summed E-state index contributed by atoms with van der Waals surface area (Å²) >= 11 is 0. The Balaban J connectivity index is 1.30. The van der Waals surface area contributed by atoms with E-state index in [-0.39, 0.29) is 5.82 Å². The molecule has 5 nitrogen and oxygen atoms in total. The van der Waals surface area contributed by atoms with Gasteiger partial charge in [-0.2, -0.15) is 0 Å². The molecule has 1 aromatic carbocycles. The van der Waals surface area contributed by atoms with Gasteiger partial charge in [0.25, 0.3) is 0 Å². The number of piperidine rings is 1. The smallest absolute Gasteiger partial charge is 0.213 e. The van der Waals surface area contributed by atoms with Crippen LogP contribution in [-0.4, -0.2) is 47.7 Å². The summed E-state index contributed by atoms with van der Waals surface area (Å²) in [7, 11) is 1.57. The van der Waals surface area contributed by atoms with Crippen LogP contribution in [0.1, 0.15) is 29.5 Å². The fourth-order valence-electron chi connectivity index (χ4n) is 4.03. The largest absolute Gasteiger partial charge is 0.481 e. The molecule has 0 bridgehead atoms. The van der Waals surface area contributed by atoms with Crippen molar-refractivity contribution < 1.29 is 9.13 Å². The fourth-order valence-corrected chi connectivity index (χ4v) is 4.03. The third kappa shape index (κ3) is 4.94. The highest BCUT2D eigenvalue weighted by Gasteiger charge is 2.20. The number of nitrogens with zero attached hydrogens (tertiary/aromatic N) is 3. The first-order chi connectivity index (χ1) is 14.6. The van der Waals surface area contributed by atoms with Crippen LogP contribution in [0.4, 0.5) is 4.39 Å². The quantitative estimate of drug-likeness (QED) is 0.643. The summed E-state index contributed by atoms with van der Waals surface area (Å²) in [6.45, 7) is 5.88. The molecule has 30 heavy (non-hydrogen) atoms. The Morgan fingerprint density at radius 3 is 2.63 bits per heavy atom. The van der Waals surface area contributed by atoms with E-state index in [4.69, 9.17) is 4.74 Å². The first-order valence-corrected chi connectivity index (χ1v) is 10.6. The van der Waals surface area contributed by atoms with Crippen molar-refractivity contribution in [1.29, 1.82) is 0 Å². The predicted molar refractivity (Wildman–Crippen MR) is 117 cm³/mol. The summed E-state index contributed by atoms with van der Waals surface area (Å²) in [5, 5.41) is 3.68. The first kappa shape index (κ1) is 20.7. The molecule has 6 heteroatoms. The molecular weight excluding hydrogens is 379 g/mol. The molecule has 0 saturated carbocycles. The van der Waals surface area contributed by atoms with Crippen LogP contribution in [-0.2, 0) is 13.0 Å². The summed E-state index contributed by atoms with van der Waals surface area (Å²) in [5.74, 6) is 0.189. The van der Waals surface area contributed by atoms with Crippen LogP contribution in [0, 0.1) is 12.7 Å². The average molecular weight is 409 g/mol. The molecule has 2 aromatic heterocycles. The topological polar surface area (TPSA) is 50.3 Å². The number of rotatable bonds is 7. The van der Waals surface area contributed by atoms with Crippen LogP contribution in [0.5, 0.6) is 5.88 Å². The lowest BCUT2D eigenvalue weighted by Crippen LogP contribution is -2.42. The van der Waals surface area contributed by atoms with E-state index in [2.05, 4.69) is 51.4 Å². The highest BCUT2D eigenvalue weighted by molar-refractivity contribution is 5.78. The van der Waals surface area contributed by atoms with Crippen LogP contribution in [0.2, 0.25) is 0 Å². The lowest BCUT2D eigenvalue weighted by atomic mass is 10.0. The molecule has 1 aliphatic heterocycles. The SMILES string of the molecule is COc1ccc2ncc(F)c(CCN3CCC(NCc4ccc(C)cc4)CC3)c2n1. The van der Waals surface area contributed by atoms with Crippen LogP contribution in [0.3, 0.4) is 0 Å². The molecule has 158 valence electrons. The van der Waals surface area contributed by atoms with Gasteiger partial charge < -0.3 is 15.0 Å². The van der Waals surface area contributed by atoms with E-state index in [9.17, 15) is 4.39 Å². The predicted octanol–water partition coefficient (Wildman–Crippen LogP) is 3.88. The third-order valence-electron chi connectivity index (χ3n) is 5.93. The molecule has 0 spiro atoms. The van der Waals surface area contributed by atoms with Gasteiger partial charge in [-0.1, -0.05) is 29.8 Å². The van der Waals surface area contributed by atoms with Crippen molar-refractivity contribution in [2.24, 2.45) is 0 Å². The van der Waals surface area contributed by atoms with E-state index in [1.54, 1.807) is 13.2 Å². The summed E-state index contributed by atoms with van der Waals surface area (Å²) in [4.78, 5) is 11.0. The Morgan fingerprint density at radius 1 is 1.13 bits per heavy atom. The van der Waals surface area contributed by atoms with Crippen molar-refractivity contribution in [3.63, 3.8) is 0 Å². The summed E-state index contributed by atoms with van der Waals surface area (Å²) in [6.07, 6.45) is 4.13. The second kappa shape index (κ2) is 9.49. The van der Waals surface area contributed by atoms with Crippen molar-refractivity contribution >= 4 is 11.0 Å². The van der Waals surface area contributed by atoms with Gasteiger partial charge in [0.15, 0.2) is 0 Å². The minimum atomic E-state index is -0.294. The maximum atomic E-state index is 14.5. The second-order valence-corrected chi connectivity index (χ2v) is 8.04. The van der Waals surface area contributed by atoms with Crippen molar-refractivity contribution in [3.05, 3.63) is 65.1 Å². The van der Waals surface area contributed by atoms with Gasteiger partial charge >= 0.3 is 0 Å². The van der Waals surface area contributed by atoms with E-state index >= 15 is 0 Å². The van der Waals surface area contributed by atoms with Gasteiger partial charge in [-0.15, -0.1) is 0 Å². The van der Waals surface area contributed by atoms with E-state index in [1.807, 2.05) is 6.07 Å². The first-order valence-electron chi connectivity index (χ1n) is 10.6. The molecule has 1 aliphatic rings. The Kier molecular flexibility index (Phi) is 6.55. The van der Waals surface area contributed by atoms with E-state index in [0.29, 0.717) is 34.9 Å². The lowest BCUT2D eigenvalue weighted by Gasteiger charge is -2.32. The minimum Gasteiger partial charge on any atom is -0.481 e. The number of ether oxygens (including phenoxy) is 1. The number of methoxy groups -OCH3 is 1. The van der Waals surface area contributed by atoms with Crippen LogP contribution in [0.25, 0.3) is 11.0 Å². The lowest BCUT2D eigenvalue weighted by molar-refractivity contribution is 0.199. The molecule has 0 radical (unpaired) electrons. The molecule has 1 fully saturated rings. The van der Waals surface area contributed by atoms with E-state index in [1.165, 1.54) is 17.3 Å². The average Bonchev–Trinajstić information content (AvgIpc) is 2.78. The van der Waals surface area contributed by atoms with Crippen LogP contribution < -0.4 is 10.1 Å². The van der Waals surface area contributed by atoms with Crippen molar-refractivity contribution in [2.75, 3.05) is 26.7 Å². The van der Waals surface area contributed by atoms with Gasteiger partial charge in [-0.3, -0.25) is 4.98 Å².